The second-order valence-electron chi connectivity index (χ2n) is 6.13. The predicted octanol–water partition coefficient (Wildman–Crippen LogP) is 5.10. The zero-order chi connectivity index (χ0) is 17.6. The van der Waals surface area contributed by atoms with Crippen molar-refractivity contribution >= 4 is 17.3 Å². The summed E-state index contributed by atoms with van der Waals surface area (Å²) < 4.78 is 0. The van der Waals surface area contributed by atoms with E-state index in [9.17, 15) is 4.79 Å². The van der Waals surface area contributed by atoms with E-state index in [4.69, 9.17) is 0 Å². The molecule has 1 atom stereocenters. The molecule has 3 aromatic carbocycles. The van der Waals surface area contributed by atoms with Gasteiger partial charge >= 0.3 is 0 Å². The predicted molar refractivity (Wildman–Crippen MR) is 105 cm³/mol. The minimum Gasteiger partial charge on any atom is -0.374 e. The normalized spacial score (nSPS) is 11.6. The van der Waals surface area contributed by atoms with Crippen LogP contribution in [0, 0.1) is 6.92 Å². The standard InChI is InChI=1S/C22H22N2O/c1-16-12-14-19(15-13-16)23-17(2)22(25)24-21-11-7-6-10-20(21)18-8-4-3-5-9-18/h3-15,17,23H,1-2H3,(H,24,25)/t17-/m1/s1. The number of benzene rings is 3. The summed E-state index contributed by atoms with van der Waals surface area (Å²) in [5.41, 5.74) is 5.04. The third kappa shape index (κ3) is 4.27. The molecule has 0 saturated carbocycles. The molecule has 3 rings (SSSR count). The van der Waals surface area contributed by atoms with Crippen LogP contribution in [0.2, 0.25) is 0 Å². The fourth-order valence-electron chi connectivity index (χ4n) is 2.67. The molecule has 25 heavy (non-hydrogen) atoms. The van der Waals surface area contributed by atoms with E-state index in [0.717, 1.165) is 22.5 Å². The van der Waals surface area contributed by atoms with Gasteiger partial charge in [-0.3, -0.25) is 4.79 Å². The van der Waals surface area contributed by atoms with E-state index >= 15 is 0 Å². The van der Waals surface area contributed by atoms with Crippen molar-refractivity contribution in [2.24, 2.45) is 0 Å². The highest BCUT2D eigenvalue weighted by atomic mass is 16.2. The Balaban J connectivity index is 1.74. The average molecular weight is 330 g/mol. The van der Waals surface area contributed by atoms with Crippen LogP contribution < -0.4 is 10.6 Å². The second-order valence-corrected chi connectivity index (χ2v) is 6.13. The van der Waals surface area contributed by atoms with Gasteiger partial charge in [0.1, 0.15) is 6.04 Å². The third-order valence-electron chi connectivity index (χ3n) is 4.10. The Morgan fingerprint density at radius 1 is 0.840 bits per heavy atom. The number of hydrogen-bond donors (Lipinski definition) is 2. The monoisotopic (exact) mass is 330 g/mol. The van der Waals surface area contributed by atoms with Crippen molar-refractivity contribution in [3.8, 4) is 11.1 Å². The molecule has 1 amide bonds. The minimum absolute atomic E-state index is 0.0658. The molecule has 0 fully saturated rings. The minimum atomic E-state index is -0.341. The summed E-state index contributed by atoms with van der Waals surface area (Å²) >= 11 is 0. The highest BCUT2D eigenvalue weighted by Crippen LogP contribution is 2.27. The van der Waals surface area contributed by atoms with Crippen molar-refractivity contribution in [2.45, 2.75) is 19.9 Å². The van der Waals surface area contributed by atoms with Gasteiger partial charge < -0.3 is 10.6 Å². The van der Waals surface area contributed by atoms with Crippen LogP contribution in [0.5, 0.6) is 0 Å². The maximum absolute atomic E-state index is 12.6. The van der Waals surface area contributed by atoms with E-state index in [1.54, 1.807) is 0 Å². The van der Waals surface area contributed by atoms with Gasteiger partial charge in [0.2, 0.25) is 5.91 Å². The van der Waals surface area contributed by atoms with Crippen LogP contribution in [0.1, 0.15) is 12.5 Å². The SMILES string of the molecule is Cc1ccc(N[C@H](C)C(=O)Nc2ccccc2-c2ccccc2)cc1. The number of para-hydroxylation sites is 1. The van der Waals surface area contributed by atoms with E-state index in [0.29, 0.717) is 0 Å². The van der Waals surface area contributed by atoms with Crippen molar-refractivity contribution in [1.29, 1.82) is 0 Å². The molecule has 2 N–H and O–H groups in total. The van der Waals surface area contributed by atoms with Crippen molar-refractivity contribution in [3.63, 3.8) is 0 Å². The summed E-state index contributed by atoms with van der Waals surface area (Å²) in [4.78, 5) is 12.6. The molecule has 0 radical (unpaired) electrons. The second kappa shape index (κ2) is 7.67. The Morgan fingerprint density at radius 2 is 1.48 bits per heavy atom. The van der Waals surface area contributed by atoms with Crippen LogP contribution in [0.3, 0.4) is 0 Å². The summed E-state index contributed by atoms with van der Waals surface area (Å²) in [6, 6.07) is 25.6. The molecule has 0 heterocycles. The van der Waals surface area contributed by atoms with Crippen LogP contribution in [0.15, 0.2) is 78.9 Å². The van der Waals surface area contributed by atoms with E-state index in [1.165, 1.54) is 5.56 Å². The summed E-state index contributed by atoms with van der Waals surface area (Å²) in [5, 5.41) is 6.28. The summed E-state index contributed by atoms with van der Waals surface area (Å²) in [7, 11) is 0. The topological polar surface area (TPSA) is 41.1 Å². The first-order valence-electron chi connectivity index (χ1n) is 8.42. The number of carbonyl (C=O) groups is 1. The molecule has 3 heteroatoms. The highest BCUT2D eigenvalue weighted by Gasteiger charge is 2.14. The Bertz CT molecular complexity index is 841. The lowest BCUT2D eigenvalue weighted by Gasteiger charge is -2.17. The molecule has 0 aliphatic rings. The molecule has 0 saturated heterocycles. The molecular formula is C22H22N2O. The number of aryl methyl sites for hydroxylation is 1. The lowest BCUT2D eigenvalue weighted by molar-refractivity contribution is -0.116. The van der Waals surface area contributed by atoms with Gasteiger partial charge in [0.05, 0.1) is 0 Å². The first kappa shape index (κ1) is 16.8. The Hall–Kier alpha value is -3.07. The van der Waals surface area contributed by atoms with Crippen LogP contribution in [-0.4, -0.2) is 11.9 Å². The number of hydrogen-bond acceptors (Lipinski definition) is 2. The molecule has 3 aromatic rings. The van der Waals surface area contributed by atoms with Crippen molar-refractivity contribution < 1.29 is 4.79 Å². The number of nitrogens with one attached hydrogen (secondary N) is 2. The molecule has 126 valence electrons. The van der Waals surface area contributed by atoms with Crippen LogP contribution >= 0.6 is 0 Å². The highest BCUT2D eigenvalue weighted by molar-refractivity contribution is 5.99. The van der Waals surface area contributed by atoms with E-state index in [1.807, 2.05) is 92.7 Å². The Morgan fingerprint density at radius 3 is 2.20 bits per heavy atom. The molecule has 0 aliphatic heterocycles. The van der Waals surface area contributed by atoms with Gasteiger partial charge in [-0.05, 0) is 37.6 Å². The van der Waals surface area contributed by atoms with Gasteiger partial charge in [-0.1, -0.05) is 66.2 Å². The summed E-state index contributed by atoms with van der Waals surface area (Å²) in [6.07, 6.45) is 0. The molecule has 0 bridgehead atoms. The maximum atomic E-state index is 12.6. The van der Waals surface area contributed by atoms with Crippen LogP contribution in [0.4, 0.5) is 11.4 Å². The van der Waals surface area contributed by atoms with Gasteiger partial charge in [-0.25, -0.2) is 0 Å². The summed E-state index contributed by atoms with van der Waals surface area (Å²) in [6.45, 7) is 3.90. The van der Waals surface area contributed by atoms with Crippen molar-refractivity contribution in [3.05, 3.63) is 84.4 Å². The quantitative estimate of drug-likeness (QED) is 0.683. The van der Waals surface area contributed by atoms with Crippen molar-refractivity contribution in [1.82, 2.24) is 0 Å². The zero-order valence-corrected chi connectivity index (χ0v) is 14.5. The van der Waals surface area contributed by atoms with Gasteiger partial charge in [-0.2, -0.15) is 0 Å². The molecular weight excluding hydrogens is 308 g/mol. The molecule has 3 nitrogen and oxygen atoms in total. The molecule has 0 spiro atoms. The number of amides is 1. The van der Waals surface area contributed by atoms with Crippen molar-refractivity contribution in [2.75, 3.05) is 10.6 Å². The largest absolute Gasteiger partial charge is 0.374 e. The van der Waals surface area contributed by atoms with Gasteiger partial charge in [0.15, 0.2) is 0 Å². The number of anilines is 2. The smallest absolute Gasteiger partial charge is 0.246 e. The third-order valence-corrected chi connectivity index (χ3v) is 4.10. The van der Waals surface area contributed by atoms with E-state index in [2.05, 4.69) is 10.6 Å². The van der Waals surface area contributed by atoms with Gasteiger partial charge in [0, 0.05) is 16.9 Å². The average Bonchev–Trinajstić information content (AvgIpc) is 2.64. The fraction of sp³-hybridized carbons (Fsp3) is 0.136. The molecule has 0 aromatic heterocycles. The molecule has 0 unspecified atom stereocenters. The zero-order valence-electron chi connectivity index (χ0n) is 14.5. The van der Waals surface area contributed by atoms with E-state index in [-0.39, 0.29) is 11.9 Å². The van der Waals surface area contributed by atoms with Crippen LogP contribution in [0.25, 0.3) is 11.1 Å². The van der Waals surface area contributed by atoms with Gasteiger partial charge in [-0.15, -0.1) is 0 Å². The lowest BCUT2D eigenvalue weighted by atomic mass is 10.0. The Labute approximate surface area is 148 Å². The maximum Gasteiger partial charge on any atom is 0.246 e. The molecule has 0 aliphatic carbocycles. The Kier molecular flexibility index (Phi) is 5.14. The first-order valence-corrected chi connectivity index (χ1v) is 8.42. The van der Waals surface area contributed by atoms with E-state index < -0.39 is 0 Å². The fourth-order valence-corrected chi connectivity index (χ4v) is 2.67. The summed E-state index contributed by atoms with van der Waals surface area (Å²) in [5.74, 6) is -0.0658. The van der Waals surface area contributed by atoms with Gasteiger partial charge in [0.25, 0.3) is 0 Å². The van der Waals surface area contributed by atoms with Crippen LogP contribution in [-0.2, 0) is 4.79 Å². The first-order chi connectivity index (χ1) is 12.1. The number of carbonyl (C=O) groups excluding carboxylic acids is 1. The number of rotatable bonds is 5. The lowest BCUT2D eigenvalue weighted by Crippen LogP contribution is -2.32.